The molecular formula is C17H20Cl2N6O. The van der Waals surface area contributed by atoms with Crippen molar-refractivity contribution in [3.8, 4) is 0 Å². The van der Waals surface area contributed by atoms with Crippen molar-refractivity contribution in [1.29, 1.82) is 5.41 Å². The van der Waals surface area contributed by atoms with Gasteiger partial charge in [0.1, 0.15) is 11.4 Å². The topological polar surface area (TPSA) is 106 Å². The summed E-state index contributed by atoms with van der Waals surface area (Å²) in [6.45, 7) is 2.23. The molecule has 0 amide bonds. The fourth-order valence-corrected chi connectivity index (χ4v) is 3.14. The van der Waals surface area contributed by atoms with E-state index in [1.54, 1.807) is 12.1 Å². The van der Waals surface area contributed by atoms with Crippen LogP contribution >= 0.6 is 23.2 Å². The zero-order valence-electron chi connectivity index (χ0n) is 14.0. The van der Waals surface area contributed by atoms with Crippen LogP contribution in [0.2, 0.25) is 10.0 Å². The third-order valence-corrected chi connectivity index (χ3v) is 4.95. The first-order valence-corrected chi connectivity index (χ1v) is 9.12. The third kappa shape index (κ3) is 4.55. The van der Waals surface area contributed by atoms with Crippen molar-refractivity contribution in [1.82, 2.24) is 15.3 Å². The van der Waals surface area contributed by atoms with Crippen molar-refractivity contribution < 1.29 is 0 Å². The third-order valence-electron chi connectivity index (χ3n) is 4.22. The van der Waals surface area contributed by atoms with Gasteiger partial charge in [-0.05, 0) is 43.6 Å². The highest BCUT2D eigenvalue weighted by atomic mass is 35.5. The standard InChI is InChI=1S/C17H20Cl2N6O/c18-12-2-1-10(7-13(12)19)9-22-17-24-14(8-20)15(16(26)25-17)23-11-3-5-21-6-4-11/h1-2,7-8,11,20-21,23H,3-6,9H2,(H2,22,24,25,26). The van der Waals surface area contributed by atoms with Crippen LogP contribution in [0.1, 0.15) is 24.1 Å². The summed E-state index contributed by atoms with van der Waals surface area (Å²) in [4.78, 5) is 19.5. The first kappa shape index (κ1) is 18.7. The van der Waals surface area contributed by atoms with Gasteiger partial charge >= 0.3 is 0 Å². The van der Waals surface area contributed by atoms with E-state index in [-0.39, 0.29) is 11.6 Å². The monoisotopic (exact) mass is 394 g/mol. The highest BCUT2D eigenvalue weighted by Gasteiger charge is 2.17. The summed E-state index contributed by atoms with van der Waals surface area (Å²) in [5.41, 5.74) is 1.25. The lowest BCUT2D eigenvalue weighted by Crippen LogP contribution is -2.37. The molecule has 0 aliphatic carbocycles. The fraction of sp³-hybridized carbons (Fsp3) is 0.353. The molecule has 1 fully saturated rings. The molecule has 0 bridgehead atoms. The first-order valence-electron chi connectivity index (χ1n) is 8.36. The van der Waals surface area contributed by atoms with Gasteiger partial charge in [0, 0.05) is 18.8 Å². The molecule has 1 aliphatic heterocycles. The maximum Gasteiger partial charge on any atom is 0.276 e. The van der Waals surface area contributed by atoms with Gasteiger partial charge in [0.25, 0.3) is 5.56 Å². The van der Waals surface area contributed by atoms with E-state index in [0.29, 0.717) is 33.9 Å². The number of nitrogens with one attached hydrogen (secondary N) is 5. The maximum absolute atomic E-state index is 12.4. The average Bonchev–Trinajstić information content (AvgIpc) is 2.65. The Balaban J connectivity index is 1.74. The molecular weight excluding hydrogens is 375 g/mol. The van der Waals surface area contributed by atoms with Crippen LogP contribution < -0.4 is 21.5 Å². The van der Waals surface area contributed by atoms with Crippen LogP contribution in [-0.4, -0.2) is 35.3 Å². The Hall–Kier alpha value is -2.09. The van der Waals surface area contributed by atoms with Crippen molar-refractivity contribution in [2.45, 2.75) is 25.4 Å². The SMILES string of the molecule is N=Cc1nc(NCc2ccc(Cl)c(Cl)c2)[nH]c(=O)c1NC1CCNCC1. The number of benzene rings is 1. The molecule has 1 aliphatic rings. The zero-order valence-corrected chi connectivity index (χ0v) is 15.5. The molecule has 0 radical (unpaired) electrons. The van der Waals surface area contributed by atoms with E-state index in [1.807, 2.05) is 6.07 Å². The number of rotatable bonds is 6. The largest absolute Gasteiger partial charge is 0.376 e. The van der Waals surface area contributed by atoms with Gasteiger partial charge in [0.2, 0.25) is 5.95 Å². The van der Waals surface area contributed by atoms with Gasteiger partial charge in [0.05, 0.1) is 10.0 Å². The summed E-state index contributed by atoms with van der Waals surface area (Å²) in [6.07, 6.45) is 2.94. The predicted octanol–water partition coefficient (Wildman–Crippen LogP) is 2.85. The molecule has 0 spiro atoms. The molecule has 1 aromatic heterocycles. The predicted molar refractivity (Wildman–Crippen MR) is 106 cm³/mol. The Bertz CT molecular complexity index is 848. The second kappa shape index (κ2) is 8.53. The van der Waals surface area contributed by atoms with Gasteiger partial charge in [-0.2, -0.15) is 0 Å². The minimum Gasteiger partial charge on any atom is -0.376 e. The number of piperidine rings is 1. The van der Waals surface area contributed by atoms with Gasteiger partial charge in [-0.1, -0.05) is 29.3 Å². The van der Waals surface area contributed by atoms with Gasteiger partial charge in [-0.3, -0.25) is 9.78 Å². The number of hydrogen-bond donors (Lipinski definition) is 5. The molecule has 5 N–H and O–H groups in total. The van der Waals surface area contributed by atoms with Crippen LogP contribution in [0.3, 0.4) is 0 Å². The highest BCUT2D eigenvalue weighted by Crippen LogP contribution is 2.23. The van der Waals surface area contributed by atoms with Crippen molar-refractivity contribution in [2.24, 2.45) is 0 Å². The van der Waals surface area contributed by atoms with Crippen LogP contribution in [0.25, 0.3) is 0 Å². The number of halogens is 2. The lowest BCUT2D eigenvalue weighted by molar-refractivity contribution is 0.478. The van der Waals surface area contributed by atoms with Crippen molar-refractivity contribution in [2.75, 3.05) is 23.7 Å². The smallest absolute Gasteiger partial charge is 0.276 e. The number of nitrogens with zero attached hydrogens (tertiary/aromatic N) is 1. The molecule has 2 aromatic rings. The fourth-order valence-electron chi connectivity index (χ4n) is 2.82. The summed E-state index contributed by atoms with van der Waals surface area (Å²) in [5, 5.41) is 18.1. The van der Waals surface area contributed by atoms with Crippen LogP contribution in [-0.2, 0) is 6.54 Å². The summed E-state index contributed by atoms with van der Waals surface area (Å²) in [7, 11) is 0. The second-order valence-electron chi connectivity index (χ2n) is 6.09. The minimum absolute atomic E-state index is 0.202. The number of aromatic nitrogens is 2. The van der Waals surface area contributed by atoms with E-state index in [1.165, 1.54) is 0 Å². The quantitative estimate of drug-likeness (QED) is 0.484. The van der Waals surface area contributed by atoms with Crippen LogP contribution in [0.4, 0.5) is 11.6 Å². The molecule has 138 valence electrons. The summed E-state index contributed by atoms with van der Waals surface area (Å²) < 4.78 is 0. The number of anilines is 2. The van der Waals surface area contributed by atoms with Crippen molar-refractivity contribution in [3.63, 3.8) is 0 Å². The normalized spacial score (nSPS) is 14.8. The molecule has 1 aromatic carbocycles. The molecule has 7 nitrogen and oxygen atoms in total. The minimum atomic E-state index is -0.298. The molecule has 0 unspecified atom stereocenters. The highest BCUT2D eigenvalue weighted by molar-refractivity contribution is 6.42. The number of H-pyrrole nitrogens is 1. The van der Waals surface area contributed by atoms with Crippen LogP contribution in [0, 0.1) is 5.41 Å². The maximum atomic E-state index is 12.4. The van der Waals surface area contributed by atoms with E-state index in [4.69, 9.17) is 28.6 Å². The van der Waals surface area contributed by atoms with Crippen molar-refractivity contribution >= 4 is 41.1 Å². The summed E-state index contributed by atoms with van der Waals surface area (Å²) in [5.74, 6) is 0.301. The Morgan fingerprint density at radius 1 is 1.27 bits per heavy atom. The van der Waals surface area contributed by atoms with Crippen molar-refractivity contribution in [3.05, 3.63) is 49.9 Å². The summed E-state index contributed by atoms with van der Waals surface area (Å²) >= 11 is 11.9. The van der Waals surface area contributed by atoms with E-state index in [2.05, 4.69) is 25.9 Å². The molecule has 0 saturated carbocycles. The molecule has 3 rings (SSSR count). The second-order valence-corrected chi connectivity index (χ2v) is 6.90. The lowest BCUT2D eigenvalue weighted by Gasteiger charge is -2.24. The first-order chi connectivity index (χ1) is 12.6. The van der Waals surface area contributed by atoms with Crippen LogP contribution in [0.5, 0.6) is 0 Å². The molecule has 0 atom stereocenters. The number of aromatic amines is 1. The van der Waals surface area contributed by atoms with E-state index in [9.17, 15) is 4.79 Å². The van der Waals surface area contributed by atoms with Gasteiger partial charge in [-0.25, -0.2) is 4.98 Å². The van der Waals surface area contributed by atoms with E-state index in [0.717, 1.165) is 37.7 Å². The van der Waals surface area contributed by atoms with Crippen LogP contribution in [0.15, 0.2) is 23.0 Å². The lowest BCUT2D eigenvalue weighted by atomic mass is 10.1. The zero-order chi connectivity index (χ0) is 18.5. The van der Waals surface area contributed by atoms with Gasteiger partial charge in [0.15, 0.2) is 0 Å². The Morgan fingerprint density at radius 3 is 2.73 bits per heavy atom. The van der Waals surface area contributed by atoms with E-state index < -0.39 is 0 Å². The molecule has 1 saturated heterocycles. The molecule has 2 heterocycles. The average molecular weight is 395 g/mol. The Morgan fingerprint density at radius 2 is 2.04 bits per heavy atom. The van der Waals surface area contributed by atoms with E-state index >= 15 is 0 Å². The Kier molecular flexibility index (Phi) is 6.13. The molecule has 9 heteroatoms. The number of hydrogen-bond acceptors (Lipinski definition) is 6. The molecule has 26 heavy (non-hydrogen) atoms. The van der Waals surface area contributed by atoms with Gasteiger partial charge in [-0.15, -0.1) is 0 Å². The van der Waals surface area contributed by atoms with Gasteiger partial charge < -0.3 is 21.4 Å². The Labute approximate surface area is 161 Å². The summed E-state index contributed by atoms with van der Waals surface area (Å²) in [6, 6.07) is 5.50.